The lowest BCUT2D eigenvalue weighted by molar-refractivity contribution is -0.652. The number of Topliss-reactive ketones (excluding diaryl/α,β-unsaturated/α-hetero) is 1. The van der Waals surface area contributed by atoms with Crippen LogP contribution in [0.5, 0.6) is 0 Å². The van der Waals surface area contributed by atoms with Crippen molar-refractivity contribution in [3.05, 3.63) is 65.7 Å². The van der Waals surface area contributed by atoms with Gasteiger partial charge in [-0.05, 0) is 36.4 Å². The highest BCUT2D eigenvalue weighted by Crippen LogP contribution is 2.15. The molecule has 0 aliphatic heterocycles. The van der Waals surface area contributed by atoms with Gasteiger partial charge in [0.25, 0.3) is 5.82 Å². The van der Waals surface area contributed by atoms with E-state index in [1.54, 1.807) is 0 Å². The summed E-state index contributed by atoms with van der Waals surface area (Å²) < 4.78 is 17.0. The predicted octanol–water partition coefficient (Wildman–Crippen LogP) is 3.22. The largest absolute Gasteiger partial charge is 0.290 e. The van der Waals surface area contributed by atoms with Crippen LogP contribution in [0.3, 0.4) is 0 Å². The zero-order chi connectivity index (χ0) is 15.0. The average Bonchev–Trinajstić information content (AvgIpc) is 2.73. The Kier molecular flexibility index (Phi) is 4.62. The third-order valence-electron chi connectivity index (χ3n) is 3.88. The maximum atomic E-state index is 12.9. The molecule has 0 N–H and O–H groups in total. The molecule has 0 aliphatic carbocycles. The second-order valence-electron chi connectivity index (χ2n) is 5.11. The molecule has 0 fully saturated rings. The van der Waals surface area contributed by atoms with Gasteiger partial charge in [0.05, 0.1) is 7.05 Å². The first-order valence-corrected chi connectivity index (χ1v) is 6.80. The maximum absolute atomic E-state index is 12.9. The number of carbonyl (C=O) groups excluding carboxylic acids is 1. The Morgan fingerprint density at radius 1 is 1.14 bits per heavy atom. The number of imidazole rings is 1. The molecule has 3 rings (SSSR count). The van der Waals surface area contributed by atoms with E-state index >= 15 is 0 Å². The molecule has 3 nitrogen and oxygen atoms in total. The van der Waals surface area contributed by atoms with E-state index in [9.17, 15) is 9.18 Å². The van der Waals surface area contributed by atoms with Crippen molar-refractivity contribution in [1.82, 2.24) is 4.57 Å². The number of rotatable bonds is 3. The van der Waals surface area contributed by atoms with Crippen LogP contribution in [0.1, 0.15) is 16.2 Å². The Hall–Kier alpha value is -2.20. The van der Waals surface area contributed by atoms with E-state index in [0.29, 0.717) is 5.56 Å². The fraction of sp³-hybridized carbons (Fsp3) is 0.176. The van der Waals surface area contributed by atoms with E-state index in [0.717, 1.165) is 16.9 Å². The first-order valence-electron chi connectivity index (χ1n) is 6.80. The Morgan fingerprint density at radius 3 is 2.45 bits per heavy atom. The van der Waals surface area contributed by atoms with Gasteiger partial charge in [-0.15, -0.1) is 12.4 Å². The van der Waals surface area contributed by atoms with Gasteiger partial charge in [-0.1, -0.05) is 12.1 Å². The SMILES string of the molecule is Cc1n(CC(=O)c2ccc(F)cc2)c2ccccc2[n+]1C.Cl. The Bertz CT molecular complexity index is 825. The minimum Gasteiger partial charge on any atom is -0.290 e. The molecule has 0 bridgehead atoms. The Balaban J connectivity index is 0.00000176. The summed E-state index contributed by atoms with van der Waals surface area (Å²) in [6, 6.07) is 13.6. The molecule has 1 aromatic heterocycles. The van der Waals surface area contributed by atoms with Crippen molar-refractivity contribution in [1.29, 1.82) is 0 Å². The summed E-state index contributed by atoms with van der Waals surface area (Å²) in [5, 5.41) is 0. The van der Waals surface area contributed by atoms with Crippen molar-refractivity contribution in [2.75, 3.05) is 0 Å². The van der Waals surface area contributed by atoms with Gasteiger partial charge in [0, 0.05) is 12.5 Å². The number of hydrogen-bond acceptors (Lipinski definition) is 1. The molecule has 3 aromatic rings. The quantitative estimate of drug-likeness (QED) is 0.537. The average molecular weight is 320 g/mol. The van der Waals surface area contributed by atoms with Gasteiger partial charge in [-0.3, -0.25) is 4.79 Å². The normalized spacial score (nSPS) is 10.5. The molecule has 1 heterocycles. The predicted molar refractivity (Wildman–Crippen MR) is 85.8 cm³/mol. The maximum Gasteiger partial charge on any atom is 0.254 e. The van der Waals surface area contributed by atoms with Gasteiger partial charge in [0.1, 0.15) is 5.82 Å². The topological polar surface area (TPSA) is 25.9 Å². The summed E-state index contributed by atoms with van der Waals surface area (Å²) in [7, 11) is 1.98. The van der Waals surface area contributed by atoms with E-state index in [2.05, 4.69) is 4.57 Å². The summed E-state index contributed by atoms with van der Waals surface area (Å²) in [6.07, 6.45) is 0. The lowest BCUT2D eigenvalue weighted by Gasteiger charge is -2.01. The number of ketones is 1. The number of para-hydroxylation sites is 2. The molecule has 114 valence electrons. The number of nitrogens with zero attached hydrogens (tertiary/aromatic N) is 2. The number of hydrogen-bond donors (Lipinski definition) is 0. The smallest absolute Gasteiger partial charge is 0.254 e. The number of benzene rings is 2. The first kappa shape index (κ1) is 16.2. The standard InChI is InChI=1S/C17H16FN2O.ClH/c1-12-19(2)15-5-3-4-6-16(15)20(12)11-17(21)13-7-9-14(18)10-8-13;/h3-10H,11H2,1-2H3;1H/q+1;. The van der Waals surface area contributed by atoms with Gasteiger partial charge in [-0.2, -0.15) is 0 Å². The second kappa shape index (κ2) is 6.28. The highest BCUT2D eigenvalue weighted by Gasteiger charge is 2.21. The summed E-state index contributed by atoms with van der Waals surface area (Å²) in [5.74, 6) is 0.645. The summed E-state index contributed by atoms with van der Waals surface area (Å²) in [4.78, 5) is 12.4. The van der Waals surface area contributed by atoms with Crippen LogP contribution in [0.15, 0.2) is 48.5 Å². The number of carbonyl (C=O) groups is 1. The van der Waals surface area contributed by atoms with Gasteiger partial charge in [-0.25, -0.2) is 13.5 Å². The molecule has 5 heteroatoms. The van der Waals surface area contributed by atoms with Gasteiger partial charge < -0.3 is 0 Å². The van der Waals surface area contributed by atoms with E-state index in [1.807, 2.05) is 42.8 Å². The second-order valence-corrected chi connectivity index (χ2v) is 5.11. The molecule has 0 aliphatic rings. The van der Waals surface area contributed by atoms with Crippen LogP contribution in [-0.2, 0) is 13.6 Å². The van der Waals surface area contributed by atoms with Gasteiger partial charge in [0.15, 0.2) is 17.6 Å². The van der Waals surface area contributed by atoms with Crippen molar-refractivity contribution in [2.24, 2.45) is 7.05 Å². The van der Waals surface area contributed by atoms with Crippen molar-refractivity contribution < 1.29 is 13.8 Å². The minimum absolute atomic E-state index is 0. The summed E-state index contributed by atoms with van der Waals surface area (Å²) in [6.45, 7) is 2.23. The van der Waals surface area contributed by atoms with Crippen LogP contribution >= 0.6 is 12.4 Å². The van der Waals surface area contributed by atoms with Crippen molar-refractivity contribution in [3.8, 4) is 0 Å². The van der Waals surface area contributed by atoms with Crippen molar-refractivity contribution in [3.63, 3.8) is 0 Å². The zero-order valence-corrected chi connectivity index (χ0v) is 13.2. The molecule has 0 unspecified atom stereocenters. The van der Waals surface area contributed by atoms with Crippen LogP contribution in [0.2, 0.25) is 0 Å². The molecule has 0 radical (unpaired) electrons. The van der Waals surface area contributed by atoms with Gasteiger partial charge in [0.2, 0.25) is 5.78 Å². The minimum atomic E-state index is -0.333. The fourth-order valence-corrected chi connectivity index (χ4v) is 2.58. The van der Waals surface area contributed by atoms with Crippen LogP contribution < -0.4 is 4.57 Å². The third kappa shape index (κ3) is 2.74. The lowest BCUT2D eigenvalue weighted by atomic mass is 10.1. The van der Waals surface area contributed by atoms with Crippen LogP contribution in [0.4, 0.5) is 4.39 Å². The molecular weight excluding hydrogens is 303 g/mol. The van der Waals surface area contributed by atoms with E-state index in [-0.39, 0.29) is 30.6 Å². The fourth-order valence-electron chi connectivity index (χ4n) is 2.58. The van der Waals surface area contributed by atoms with Crippen LogP contribution in [-0.4, -0.2) is 10.4 Å². The van der Waals surface area contributed by atoms with Crippen LogP contribution in [0.25, 0.3) is 11.0 Å². The number of aryl methyl sites for hydroxylation is 1. The Labute approximate surface area is 134 Å². The molecule has 2 aromatic carbocycles. The van der Waals surface area contributed by atoms with Crippen LogP contribution in [0, 0.1) is 12.7 Å². The number of halogens is 2. The number of fused-ring (bicyclic) bond motifs is 1. The molecule has 22 heavy (non-hydrogen) atoms. The molecular formula is C17H17ClFN2O+. The van der Waals surface area contributed by atoms with E-state index in [4.69, 9.17) is 0 Å². The summed E-state index contributed by atoms with van der Waals surface area (Å²) >= 11 is 0. The summed E-state index contributed by atoms with van der Waals surface area (Å²) in [5.41, 5.74) is 2.63. The zero-order valence-electron chi connectivity index (χ0n) is 12.4. The monoisotopic (exact) mass is 319 g/mol. The first-order chi connectivity index (χ1) is 10.1. The molecule has 0 amide bonds. The Morgan fingerprint density at radius 2 is 1.77 bits per heavy atom. The van der Waals surface area contributed by atoms with Crippen molar-refractivity contribution in [2.45, 2.75) is 13.5 Å². The molecule has 0 spiro atoms. The van der Waals surface area contributed by atoms with E-state index in [1.165, 1.54) is 24.3 Å². The molecule has 0 saturated heterocycles. The van der Waals surface area contributed by atoms with Crippen molar-refractivity contribution >= 4 is 29.2 Å². The third-order valence-corrected chi connectivity index (χ3v) is 3.88. The lowest BCUT2D eigenvalue weighted by Crippen LogP contribution is -2.31. The van der Waals surface area contributed by atoms with E-state index < -0.39 is 0 Å². The molecule has 0 saturated carbocycles. The highest BCUT2D eigenvalue weighted by atomic mass is 35.5. The number of aromatic nitrogens is 2. The van der Waals surface area contributed by atoms with Gasteiger partial charge >= 0.3 is 0 Å². The highest BCUT2D eigenvalue weighted by molar-refractivity contribution is 5.96. The molecule has 0 atom stereocenters.